The zero-order chi connectivity index (χ0) is 11.9. The Bertz CT molecular complexity index is 278. The molecule has 0 amide bonds. The standard InChI is InChI=1S/C13H25N3S/c1-11-8-17-7-6-16(11)13(9-14)10-15-4-2-12(13)3-5-15/h11-12H,2-10,14H2,1H3. The third kappa shape index (κ3) is 1.93. The lowest BCUT2D eigenvalue weighted by molar-refractivity contribution is -0.0779. The van der Waals surface area contributed by atoms with Crippen LogP contribution in [-0.2, 0) is 0 Å². The SMILES string of the molecule is CC1CSCCN1C1(CN)CN2CCC1CC2. The van der Waals surface area contributed by atoms with Crippen LogP contribution >= 0.6 is 11.8 Å². The Morgan fingerprint density at radius 2 is 2.06 bits per heavy atom. The van der Waals surface area contributed by atoms with Crippen molar-refractivity contribution < 1.29 is 0 Å². The van der Waals surface area contributed by atoms with E-state index >= 15 is 0 Å². The minimum absolute atomic E-state index is 0.302. The lowest BCUT2D eigenvalue weighted by Crippen LogP contribution is -2.72. The van der Waals surface area contributed by atoms with E-state index in [4.69, 9.17) is 5.73 Å². The fourth-order valence-corrected chi connectivity index (χ4v) is 5.22. The van der Waals surface area contributed by atoms with Crippen LogP contribution in [0.3, 0.4) is 0 Å². The van der Waals surface area contributed by atoms with Gasteiger partial charge in [-0.15, -0.1) is 0 Å². The predicted molar refractivity (Wildman–Crippen MR) is 74.4 cm³/mol. The van der Waals surface area contributed by atoms with Crippen LogP contribution in [0.15, 0.2) is 0 Å². The van der Waals surface area contributed by atoms with Crippen molar-refractivity contribution in [2.45, 2.75) is 31.3 Å². The van der Waals surface area contributed by atoms with E-state index in [9.17, 15) is 0 Å². The molecule has 4 aliphatic rings. The van der Waals surface area contributed by atoms with Gasteiger partial charge in [0.2, 0.25) is 0 Å². The van der Waals surface area contributed by atoms with Gasteiger partial charge in [0.1, 0.15) is 0 Å². The molecule has 4 saturated heterocycles. The molecule has 3 nitrogen and oxygen atoms in total. The Hall–Kier alpha value is 0.230. The maximum Gasteiger partial charge on any atom is 0.0490 e. The predicted octanol–water partition coefficient (Wildman–Crippen LogP) is 0.847. The summed E-state index contributed by atoms with van der Waals surface area (Å²) in [5.74, 6) is 3.43. The molecule has 0 aromatic carbocycles. The van der Waals surface area contributed by atoms with Crippen LogP contribution in [0, 0.1) is 5.92 Å². The van der Waals surface area contributed by atoms with Crippen LogP contribution < -0.4 is 5.73 Å². The largest absolute Gasteiger partial charge is 0.329 e. The first kappa shape index (κ1) is 12.3. The molecule has 4 heteroatoms. The highest BCUT2D eigenvalue weighted by Crippen LogP contribution is 2.41. The smallest absolute Gasteiger partial charge is 0.0490 e. The summed E-state index contributed by atoms with van der Waals surface area (Å²) >= 11 is 2.10. The van der Waals surface area contributed by atoms with E-state index in [1.54, 1.807) is 0 Å². The monoisotopic (exact) mass is 255 g/mol. The molecule has 0 radical (unpaired) electrons. The molecular weight excluding hydrogens is 230 g/mol. The molecule has 4 rings (SSSR count). The molecule has 0 saturated carbocycles. The molecule has 2 N–H and O–H groups in total. The molecule has 4 fully saturated rings. The molecule has 0 spiro atoms. The number of thioether (sulfide) groups is 1. The van der Waals surface area contributed by atoms with Gasteiger partial charge in [0.25, 0.3) is 0 Å². The van der Waals surface area contributed by atoms with Gasteiger partial charge in [-0.25, -0.2) is 0 Å². The third-order valence-corrected chi connectivity index (χ3v) is 6.33. The number of fused-ring (bicyclic) bond motifs is 3. The first-order valence-corrected chi connectivity index (χ1v) is 8.18. The Morgan fingerprint density at radius 3 is 2.59 bits per heavy atom. The number of nitrogens with zero attached hydrogens (tertiary/aromatic N) is 2. The van der Waals surface area contributed by atoms with Gasteiger partial charge in [-0.3, -0.25) is 4.90 Å². The van der Waals surface area contributed by atoms with Crippen molar-refractivity contribution in [1.82, 2.24) is 9.80 Å². The second-order valence-corrected chi connectivity index (χ2v) is 7.13. The highest BCUT2D eigenvalue weighted by Gasteiger charge is 2.50. The molecule has 2 unspecified atom stereocenters. The topological polar surface area (TPSA) is 32.5 Å². The van der Waals surface area contributed by atoms with Gasteiger partial charge in [-0.1, -0.05) is 0 Å². The van der Waals surface area contributed by atoms with Crippen molar-refractivity contribution in [2.24, 2.45) is 11.7 Å². The van der Waals surface area contributed by atoms with Crippen LogP contribution in [0.2, 0.25) is 0 Å². The van der Waals surface area contributed by atoms with Crippen molar-refractivity contribution >= 4 is 11.8 Å². The molecule has 0 aromatic heterocycles. The van der Waals surface area contributed by atoms with Crippen molar-refractivity contribution in [3.8, 4) is 0 Å². The zero-order valence-corrected chi connectivity index (χ0v) is 11.7. The van der Waals surface area contributed by atoms with Gasteiger partial charge in [-0.2, -0.15) is 11.8 Å². The van der Waals surface area contributed by atoms with Gasteiger partial charge in [0, 0.05) is 42.7 Å². The second-order valence-electron chi connectivity index (χ2n) is 5.98. The van der Waals surface area contributed by atoms with Crippen molar-refractivity contribution in [3.63, 3.8) is 0 Å². The van der Waals surface area contributed by atoms with Crippen LogP contribution in [-0.4, -0.2) is 65.6 Å². The van der Waals surface area contributed by atoms with E-state index in [2.05, 4.69) is 28.5 Å². The van der Waals surface area contributed by atoms with Crippen LogP contribution in [0.1, 0.15) is 19.8 Å². The number of rotatable bonds is 2. The van der Waals surface area contributed by atoms with E-state index in [-0.39, 0.29) is 0 Å². The summed E-state index contributed by atoms with van der Waals surface area (Å²) in [5, 5.41) is 0. The molecule has 4 aliphatic heterocycles. The second kappa shape index (κ2) is 4.72. The molecule has 2 bridgehead atoms. The first-order chi connectivity index (χ1) is 8.26. The summed E-state index contributed by atoms with van der Waals surface area (Å²) in [6.07, 6.45) is 2.74. The molecule has 4 heterocycles. The van der Waals surface area contributed by atoms with Gasteiger partial charge in [-0.05, 0) is 38.8 Å². The summed E-state index contributed by atoms with van der Waals surface area (Å²) in [7, 11) is 0. The van der Waals surface area contributed by atoms with E-state index in [1.165, 1.54) is 50.5 Å². The maximum absolute atomic E-state index is 6.24. The summed E-state index contributed by atoms with van der Waals surface area (Å²) < 4.78 is 0. The minimum Gasteiger partial charge on any atom is -0.329 e. The fourth-order valence-electron chi connectivity index (χ4n) is 4.21. The number of nitrogens with two attached hydrogens (primary N) is 1. The van der Waals surface area contributed by atoms with Gasteiger partial charge >= 0.3 is 0 Å². The third-order valence-electron chi connectivity index (χ3n) is 5.14. The molecule has 2 atom stereocenters. The Balaban J connectivity index is 1.85. The zero-order valence-electron chi connectivity index (χ0n) is 10.9. The summed E-state index contributed by atoms with van der Waals surface area (Å²) in [4.78, 5) is 5.40. The van der Waals surface area contributed by atoms with E-state index in [1.807, 2.05) is 0 Å². The maximum atomic E-state index is 6.24. The average Bonchev–Trinajstić information content (AvgIpc) is 2.40. The molecular formula is C13H25N3S. The van der Waals surface area contributed by atoms with Crippen LogP contribution in [0.5, 0.6) is 0 Å². The number of hydrogen-bond donors (Lipinski definition) is 1. The van der Waals surface area contributed by atoms with Crippen LogP contribution in [0.4, 0.5) is 0 Å². The lowest BCUT2D eigenvalue weighted by atomic mass is 9.71. The molecule has 17 heavy (non-hydrogen) atoms. The number of piperidine rings is 3. The van der Waals surface area contributed by atoms with Crippen molar-refractivity contribution in [1.29, 1.82) is 0 Å². The lowest BCUT2D eigenvalue weighted by Gasteiger charge is -2.60. The van der Waals surface area contributed by atoms with Gasteiger partial charge < -0.3 is 10.6 Å². The van der Waals surface area contributed by atoms with Gasteiger partial charge in [0.05, 0.1) is 0 Å². The summed E-state index contributed by atoms with van der Waals surface area (Å²) in [6.45, 7) is 8.33. The Kier molecular flexibility index (Phi) is 3.41. The highest BCUT2D eigenvalue weighted by molar-refractivity contribution is 7.99. The summed E-state index contributed by atoms with van der Waals surface area (Å²) in [6, 6.07) is 0.706. The average molecular weight is 255 g/mol. The van der Waals surface area contributed by atoms with Crippen LogP contribution in [0.25, 0.3) is 0 Å². The first-order valence-electron chi connectivity index (χ1n) is 7.03. The van der Waals surface area contributed by atoms with Gasteiger partial charge in [0.15, 0.2) is 0 Å². The van der Waals surface area contributed by atoms with Crippen molar-refractivity contribution in [3.05, 3.63) is 0 Å². The Labute approximate surface area is 109 Å². The Morgan fingerprint density at radius 1 is 1.29 bits per heavy atom. The molecule has 98 valence electrons. The van der Waals surface area contributed by atoms with E-state index in [0.29, 0.717) is 11.6 Å². The van der Waals surface area contributed by atoms with Crippen molar-refractivity contribution in [2.75, 3.05) is 44.2 Å². The minimum atomic E-state index is 0.302. The summed E-state index contributed by atoms with van der Waals surface area (Å²) in [5.41, 5.74) is 6.55. The van der Waals surface area contributed by atoms with E-state index in [0.717, 1.165) is 12.5 Å². The normalized spacial score (nSPS) is 47.3. The highest BCUT2D eigenvalue weighted by atomic mass is 32.2. The number of hydrogen-bond acceptors (Lipinski definition) is 4. The molecule has 0 aromatic rings. The quantitative estimate of drug-likeness (QED) is 0.793. The fraction of sp³-hybridized carbons (Fsp3) is 1.00. The van der Waals surface area contributed by atoms with E-state index < -0.39 is 0 Å². The molecule has 0 aliphatic carbocycles.